The number of hydrogen-bond acceptors (Lipinski definition) is 5. The van der Waals surface area contributed by atoms with Crippen LogP contribution in [0.5, 0.6) is 0 Å². The van der Waals surface area contributed by atoms with Crippen LogP contribution in [0.1, 0.15) is 48.8 Å². The van der Waals surface area contributed by atoms with Gasteiger partial charge in [-0.25, -0.2) is 9.59 Å². The Morgan fingerprint density at radius 3 is 2.54 bits per heavy atom. The van der Waals surface area contributed by atoms with Crippen molar-refractivity contribution in [3.05, 3.63) is 41.1 Å². The molecule has 1 atom stereocenters. The number of fused-ring (bicyclic) bond motifs is 1. The summed E-state index contributed by atoms with van der Waals surface area (Å²) in [5.41, 5.74) is 7.72. The van der Waals surface area contributed by atoms with E-state index in [0.29, 0.717) is 22.9 Å². The molecular formula is C19H23N3O4. The molecule has 0 fully saturated rings. The van der Waals surface area contributed by atoms with Crippen molar-refractivity contribution in [3.63, 3.8) is 0 Å². The van der Waals surface area contributed by atoms with Crippen LogP contribution in [0.4, 0.5) is 4.79 Å². The summed E-state index contributed by atoms with van der Waals surface area (Å²) in [5.74, 6) is -1.39. The van der Waals surface area contributed by atoms with E-state index in [1.165, 1.54) is 6.92 Å². The summed E-state index contributed by atoms with van der Waals surface area (Å²) in [6, 6.07) is 6.33. The SMILES string of the molecule is CCCc1nc2ccccc2c(C(=O)O[C@@H](C)C(=O)NC(N)=O)c1CC. The number of aromatic nitrogens is 1. The maximum absolute atomic E-state index is 12.8. The van der Waals surface area contributed by atoms with Gasteiger partial charge in [-0.2, -0.15) is 0 Å². The minimum atomic E-state index is -1.15. The van der Waals surface area contributed by atoms with Gasteiger partial charge in [0.05, 0.1) is 11.1 Å². The molecule has 3 amide bonds. The number of esters is 1. The van der Waals surface area contributed by atoms with Crippen molar-refractivity contribution < 1.29 is 19.1 Å². The van der Waals surface area contributed by atoms with Crippen LogP contribution in [0.3, 0.4) is 0 Å². The van der Waals surface area contributed by atoms with Gasteiger partial charge in [-0.15, -0.1) is 0 Å². The third-order valence-electron chi connectivity index (χ3n) is 4.02. The molecule has 1 heterocycles. The third kappa shape index (κ3) is 4.17. The number of nitrogens with one attached hydrogen (secondary N) is 1. The standard InChI is InChI=1S/C19H23N3O4/c1-4-8-14-12(5-2)16(13-9-6-7-10-15(13)21-14)18(24)26-11(3)17(23)22-19(20)25/h6-7,9-11H,4-5,8H2,1-3H3,(H3,20,22,23,25)/t11-/m0/s1. The molecule has 138 valence electrons. The van der Waals surface area contributed by atoms with E-state index in [9.17, 15) is 14.4 Å². The number of primary amides is 1. The lowest BCUT2D eigenvalue weighted by Gasteiger charge is -2.17. The van der Waals surface area contributed by atoms with Gasteiger partial charge in [-0.3, -0.25) is 15.1 Å². The van der Waals surface area contributed by atoms with Crippen molar-refractivity contribution in [1.82, 2.24) is 10.3 Å². The summed E-state index contributed by atoms with van der Waals surface area (Å²) < 4.78 is 5.30. The number of carbonyl (C=O) groups excluding carboxylic acids is 3. The van der Waals surface area contributed by atoms with Crippen molar-refractivity contribution in [2.75, 3.05) is 0 Å². The Labute approximate surface area is 151 Å². The molecule has 0 radical (unpaired) electrons. The quantitative estimate of drug-likeness (QED) is 0.772. The highest BCUT2D eigenvalue weighted by Gasteiger charge is 2.25. The molecular weight excluding hydrogens is 334 g/mol. The number of urea groups is 1. The Morgan fingerprint density at radius 1 is 1.23 bits per heavy atom. The summed E-state index contributed by atoms with van der Waals surface area (Å²) in [4.78, 5) is 40.1. The smallest absolute Gasteiger partial charge is 0.339 e. The average Bonchev–Trinajstić information content (AvgIpc) is 2.60. The van der Waals surface area contributed by atoms with E-state index in [1.54, 1.807) is 0 Å². The number of nitrogens with zero attached hydrogens (tertiary/aromatic N) is 1. The largest absolute Gasteiger partial charge is 0.449 e. The van der Waals surface area contributed by atoms with E-state index >= 15 is 0 Å². The highest BCUT2D eigenvalue weighted by molar-refractivity contribution is 6.06. The van der Waals surface area contributed by atoms with Gasteiger partial charge in [-0.1, -0.05) is 38.5 Å². The summed E-state index contributed by atoms with van der Waals surface area (Å²) in [5, 5.41) is 2.58. The van der Waals surface area contributed by atoms with Gasteiger partial charge in [-0.05, 0) is 31.4 Å². The number of hydrogen-bond donors (Lipinski definition) is 2. The first kappa shape index (κ1) is 19.4. The molecule has 26 heavy (non-hydrogen) atoms. The molecule has 2 aromatic rings. The summed E-state index contributed by atoms with van der Waals surface area (Å²) in [6.07, 6.45) is 1.09. The summed E-state index contributed by atoms with van der Waals surface area (Å²) >= 11 is 0. The normalized spacial score (nSPS) is 11.8. The molecule has 7 nitrogen and oxygen atoms in total. The zero-order chi connectivity index (χ0) is 19.3. The number of benzene rings is 1. The highest BCUT2D eigenvalue weighted by Crippen LogP contribution is 2.26. The number of aryl methyl sites for hydroxylation is 1. The zero-order valence-electron chi connectivity index (χ0n) is 15.2. The number of rotatable bonds is 6. The fourth-order valence-corrected chi connectivity index (χ4v) is 2.86. The third-order valence-corrected chi connectivity index (χ3v) is 4.02. The second-order valence-corrected chi connectivity index (χ2v) is 5.93. The molecule has 2 rings (SSSR count). The van der Waals surface area contributed by atoms with Crippen LogP contribution in [-0.4, -0.2) is 29.0 Å². The molecule has 0 spiro atoms. The second kappa shape index (κ2) is 8.42. The van der Waals surface area contributed by atoms with E-state index in [-0.39, 0.29) is 0 Å². The summed E-state index contributed by atoms with van der Waals surface area (Å²) in [6.45, 7) is 5.38. The molecule has 0 saturated heterocycles. The van der Waals surface area contributed by atoms with Gasteiger partial charge >= 0.3 is 12.0 Å². The van der Waals surface area contributed by atoms with Crippen molar-refractivity contribution in [2.45, 2.75) is 46.1 Å². The minimum Gasteiger partial charge on any atom is -0.449 e. The Morgan fingerprint density at radius 2 is 1.92 bits per heavy atom. The fourth-order valence-electron chi connectivity index (χ4n) is 2.86. The van der Waals surface area contributed by atoms with E-state index in [4.69, 9.17) is 10.5 Å². The van der Waals surface area contributed by atoms with Crippen LogP contribution in [0.15, 0.2) is 24.3 Å². The predicted octanol–water partition coefficient (Wildman–Crippen LogP) is 2.49. The Kier molecular flexibility index (Phi) is 6.27. The first-order valence-corrected chi connectivity index (χ1v) is 8.60. The lowest BCUT2D eigenvalue weighted by atomic mass is 9.96. The predicted molar refractivity (Wildman–Crippen MR) is 97.7 cm³/mol. The highest BCUT2D eigenvalue weighted by atomic mass is 16.5. The van der Waals surface area contributed by atoms with Gasteiger partial charge in [0.15, 0.2) is 6.10 Å². The Balaban J connectivity index is 2.47. The number of pyridine rings is 1. The topological polar surface area (TPSA) is 111 Å². The minimum absolute atomic E-state index is 0.417. The zero-order valence-corrected chi connectivity index (χ0v) is 15.2. The Hall–Kier alpha value is -2.96. The van der Waals surface area contributed by atoms with Crippen LogP contribution in [0.25, 0.3) is 10.9 Å². The van der Waals surface area contributed by atoms with Gasteiger partial charge in [0.25, 0.3) is 5.91 Å². The molecule has 0 aliphatic heterocycles. The maximum atomic E-state index is 12.8. The lowest BCUT2D eigenvalue weighted by Crippen LogP contribution is -2.42. The van der Waals surface area contributed by atoms with E-state index in [0.717, 1.165) is 24.1 Å². The van der Waals surface area contributed by atoms with E-state index < -0.39 is 24.0 Å². The van der Waals surface area contributed by atoms with Crippen LogP contribution in [0.2, 0.25) is 0 Å². The molecule has 1 aromatic carbocycles. The van der Waals surface area contributed by atoms with Crippen LogP contribution in [0, 0.1) is 0 Å². The van der Waals surface area contributed by atoms with Gasteiger partial charge in [0, 0.05) is 11.1 Å². The molecule has 1 aromatic heterocycles. The van der Waals surface area contributed by atoms with Crippen molar-refractivity contribution in [3.8, 4) is 0 Å². The average molecular weight is 357 g/mol. The Bertz CT molecular complexity index is 848. The maximum Gasteiger partial charge on any atom is 0.339 e. The number of ether oxygens (including phenoxy) is 1. The molecule has 0 saturated carbocycles. The van der Waals surface area contributed by atoms with Gasteiger partial charge in [0.2, 0.25) is 0 Å². The van der Waals surface area contributed by atoms with Gasteiger partial charge < -0.3 is 10.5 Å². The molecule has 0 aliphatic rings. The monoisotopic (exact) mass is 357 g/mol. The molecule has 7 heteroatoms. The lowest BCUT2D eigenvalue weighted by molar-refractivity contribution is -0.127. The number of nitrogens with two attached hydrogens (primary N) is 1. The second-order valence-electron chi connectivity index (χ2n) is 5.93. The first-order chi connectivity index (χ1) is 12.4. The van der Waals surface area contributed by atoms with Crippen LogP contribution in [-0.2, 0) is 22.4 Å². The molecule has 0 bridgehead atoms. The number of amides is 3. The number of imide groups is 1. The first-order valence-electron chi connectivity index (χ1n) is 8.60. The van der Waals surface area contributed by atoms with Crippen LogP contribution >= 0.6 is 0 Å². The van der Waals surface area contributed by atoms with Crippen molar-refractivity contribution in [1.29, 1.82) is 0 Å². The van der Waals surface area contributed by atoms with Crippen LogP contribution < -0.4 is 11.1 Å². The fraction of sp³-hybridized carbons (Fsp3) is 0.368. The van der Waals surface area contributed by atoms with Gasteiger partial charge in [0.1, 0.15) is 0 Å². The molecule has 3 N–H and O–H groups in total. The molecule has 0 unspecified atom stereocenters. The van der Waals surface area contributed by atoms with Crippen molar-refractivity contribution in [2.24, 2.45) is 5.73 Å². The number of para-hydroxylation sites is 1. The molecule has 0 aliphatic carbocycles. The van der Waals surface area contributed by atoms with E-state index in [1.807, 2.05) is 43.4 Å². The van der Waals surface area contributed by atoms with E-state index in [2.05, 4.69) is 4.98 Å². The summed E-state index contributed by atoms with van der Waals surface area (Å²) in [7, 11) is 0. The van der Waals surface area contributed by atoms with Crippen molar-refractivity contribution >= 4 is 28.8 Å². The number of carbonyl (C=O) groups is 3.